The van der Waals surface area contributed by atoms with E-state index in [2.05, 4.69) is 0 Å². The number of carbonyl (C=O) groups excluding carboxylic acids is 1. The summed E-state index contributed by atoms with van der Waals surface area (Å²) in [5, 5.41) is 32.6. The molecule has 136 valence electrons. The first-order valence-corrected chi connectivity index (χ1v) is 8.37. The first-order chi connectivity index (χ1) is 12.1. The third-order valence-electron chi connectivity index (χ3n) is 5.73. The summed E-state index contributed by atoms with van der Waals surface area (Å²) >= 11 is 0. The normalized spacial score (nSPS) is 20.0. The Hall–Kier alpha value is -2.89. The minimum atomic E-state index is -0.510. The fourth-order valence-electron chi connectivity index (χ4n) is 4.05. The molecule has 4 rings (SSSR count). The summed E-state index contributed by atoms with van der Waals surface area (Å²) in [6.45, 7) is 7.57. The predicted molar refractivity (Wildman–Crippen MR) is 96.6 cm³/mol. The number of ketones is 1. The number of hydrogen-bond acceptors (Lipinski definition) is 6. The van der Waals surface area contributed by atoms with Gasteiger partial charge in [0.05, 0.1) is 18.1 Å². The van der Waals surface area contributed by atoms with Crippen molar-refractivity contribution in [2.24, 2.45) is 0 Å². The maximum atomic E-state index is 12.6. The molecule has 0 amide bonds. The average molecular weight is 356 g/mol. The van der Waals surface area contributed by atoms with E-state index in [1.54, 1.807) is 6.92 Å². The molecule has 0 fully saturated rings. The lowest BCUT2D eigenvalue weighted by molar-refractivity contribution is 0.104. The lowest BCUT2D eigenvalue weighted by atomic mass is 9.76. The summed E-state index contributed by atoms with van der Waals surface area (Å²) in [5.74, 6) is -1.17. The summed E-state index contributed by atoms with van der Waals surface area (Å²) in [6.07, 6.45) is 1.20. The van der Waals surface area contributed by atoms with Crippen molar-refractivity contribution in [2.75, 3.05) is 7.11 Å². The first-order valence-electron chi connectivity index (χ1n) is 8.37. The zero-order chi connectivity index (χ0) is 19.1. The second kappa shape index (κ2) is 4.84. The van der Waals surface area contributed by atoms with Gasteiger partial charge in [-0.15, -0.1) is 0 Å². The highest BCUT2D eigenvalue weighted by Gasteiger charge is 2.46. The van der Waals surface area contributed by atoms with Gasteiger partial charge in [-0.1, -0.05) is 13.8 Å². The van der Waals surface area contributed by atoms with Gasteiger partial charge in [-0.3, -0.25) is 4.79 Å². The first kappa shape index (κ1) is 16.6. The van der Waals surface area contributed by atoms with Crippen LogP contribution in [-0.2, 0) is 5.41 Å². The molecule has 6 heteroatoms. The number of benzene rings is 2. The summed E-state index contributed by atoms with van der Waals surface area (Å²) in [6, 6.07) is 0. The van der Waals surface area contributed by atoms with Crippen LogP contribution in [0.15, 0.2) is 6.08 Å². The molecule has 1 atom stereocenters. The second-order valence-electron chi connectivity index (χ2n) is 7.46. The molecule has 0 aromatic heterocycles. The Bertz CT molecular complexity index is 1040. The predicted octanol–water partition coefficient (Wildman–Crippen LogP) is 3.62. The molecule has 26 heavy (non-hydrogen) atoms. The highest BCUT2D eigenvalue weighted by atomic mass is 16.5. The van der Waals surface area contributed by atoms with Gasteiger partial charge in [0.2, 0.25) is 5.75 Å². The molecule has 3 N–H and O–H groups in total. The van der Waals surface area contributed by atoms with E-state index in [1.807, 2.05) is 20.8 Å². The Morgan fingerprint density at radius 1 is 1.08 bits per heavy atom. The van der Waals surface area contributed by atoms with Crippen molar-refractivity contribution in [2.45, 2.75) is 39.2 Å². The highest BCUT2D eigenvalue weighted by Crippen LogP contribution is 2.60. The number of fused-ring (bicyclic) bond motifs is 2. The molecule has 0 saturated heterocycles. The van der Waals surface area contributed by atoms with Crippen molar-refractivity contribution in [3.05, 3.63) is 22.8 Å². The number of carbonyl (C=O) groups is 1. The van der Waals surface area contributed by atoms with Crippen LogP contribution in [0.25, 0.3) is 16.3 Å². The molecule has 2 aromatic rings. The third kappa shape index (κ3) is 1.69. The van der Waals surface area contributed by atoms with Gasteiger partial charge >= 0.3 is 0 Å². The topological polar surface area (TPSA) is 96.2 Å². The molecule has 0 bridgehead atoms. The van der Waals surface area contributed by atoms with Gasteiger partial charge in [0.1, 0.15) is 17.6 Å². The maximum absolute atomic E-state index is 12.6. The van der Waals surface area contributed by atoms with Gasteiger partial charge in [0.25, 0.3) is 0 Å². The van der Waals surface area contributed by atoms with Gasteiger partial charge in [0.15, 0.2) is 17.3 Å². The molecule has 6 nitrogen and oxygen atoms in total. The number of phenolic OH excluding ortho intramolecular Hbond substituents is 3. The van der Waals surface area contributed by atoms with E-state index < -0.39 is 22.7 Å². The van der Waals surface area contributed by atoms with Crippen molar-refractivity contribution in [3.8, 4) is 28.7 Å². The van der Waals surface area contributed by atoms with Crippen molar-refractivity contribution in [1.29, 1.82) is 0 Å². The number of methoxy groups -OCH3 is 1. The standard InChI is InChI=1S/C20H20O6/c1-7-6-9(21)11-12-10(7)18-14(20(3,4)8(2)26-18)15(22)13(12)17(24)19(25-5)16(11)23/h6,8,22-24H,1-5H3/t8-/m0/s1. The maximum Gasteiger partial charge on any atom is 0.204 e. The van der Waals surface area contributed by atoms with Crippen LogP contribution in [-0.4, -0.2) is 34.3 Å². The van der Waals surface area contributed by atoms with E-state index in [0.29, 0.717) is 22.4 Å². The van der Waals surface area contributed by atoms with E-state index in [-0.39, 0.29) is 33.9 Å². The second-order valence-corrected chi connectivity index (χ2v) is 7.46. The van der Waals surface area contributed by atoms with Crippen LogP contribution in [0.5, 0.6) is 28.7 Å². The molecule has 1 heterocycles. The minimum Gasteiger partial charge on any atom is -0.507 e. The van der Waals surface area contributed by atoms with Gasteiger partial charge in [-0.05, 0) is 25.5 Å². The highest BCUT2D eigenvalue weighted by molar-refractivity contribution is 6.26. The SMILES string of the molecule is COc1c(O)c2c3c(c4c(c(O)c3c1O)C(C)(C)[C@H](C)O4)C(C)=CC2=O. The van der Waals surface area contributed by atoms with E-state index >= 15 is 0 Å². The number of phenols is 3. The molecule has 1 aliphatic carbocycles. The Balaban J connectivity index is 2.34. The molecule has 0 unspecified atom stereocenters. The minimum absolute atomic E-state index is 0.00527. The summed E-state index contributed by atoms with van der Waals surface area (Å²) in [7, 11) is 1.28. The lowest BCUT2D eigenvalue weighted by Gasteiger charge is -2.25. The molecule has 2 aliphatic rings. The van der Waals surface area contributed by atoms with Gasteiger partial charge in [-0.25, -0.2) is 0 Å². The Labute approximate surface area is 150 Å². The summed E-state index contributed by atoms with van der Waals surface area (Å²) < 4.78 is 11.2. The molecule has 1 aliphatic heterocycles. The average Bonchev–Trinajstić information content (AvgIpc) is 2.77. The van der Waals surface area contributed by atoms with Gasteiger partial charge in [-0.2, -0.15) is 0 Å². The Morgan fingerprint density at radius 2 is 1.73 bits per heavy atom. The Kier molecular flexibility index (Phi) is 3.09. The molecule has 2 aromatic carbocycles. The van der Waals surface area contributed by atoms with Crippen molar-refractivity contribution in [1.82, 2.24) is 0 Å². The summed E-state index contributed by atoms with van der Waals surface area (Å²) in [5.41, 5.74) is 1.31. The lowest BCUT2D eigenvalue weighted by Crippen LogP contribution is -2.28. The van der Waals surface area contributed by atoms with E-state index in [0.717, 1.165) is 0 Å². The fourth-order valence-corrected chi connectivity index (χ4v) is 4.05. The zero-order valence-corrected chi connectivity index (χ0v) is 15.2. The number of ether oxygens (including phenoxy) is 2. The number of rotatable bonds is 1. The van der Waals surface area contributed by atoms with Crippen LogP contribution in [0.1, 0.15) is 49.2 Å². The largest absolute Gasteiger partial charge is 0.507 e. The van der Waals surface area contributed by atoms with Gasteiger partial charge in [0, 0.05) is 21.9 Å². The molecular formula is C20H20O6. The number of hydrogen-bond donors (Lipinski definition) is 3. The van der Waals surface area contributed by atoms with E-state index in [9.17, 15) is 20.1 Å². The van der Waals surface area contributed by atoms with E-state index in [4.69, 9.17) is 9.47 Å². The smallest absolute Gasteiger partial charge is 0.204 e. The summed E-state index contributed by atoms with van der Waals surface area (Å²) in [4.78, 5) is 12.6. The van der Waals surface area contributed by atoms with Crippen LogP contribution in [0.2, 0.25) is 0 Å². The zero-order valence-electron chi connectivity index (χ0n) is 15.2. The monoisotopic (exact) mass is 356 g/mol. The number of allylic oxidation sites excluding steroid dienone is 2. The number of aromatic hydroxyl groups is 3. The molecular weight excluding hydrogens is 336 g/mol. The van der Waals surface area contributed by atoms with Crippen LogP contribution in [0.4, 0.5) is 0 Å². The van der Waals surface area contributed by atoms with Gasteiger partial charge < -0.3 is 24.8 Å². The van der Waals surface area contributed by atoms with Crippen molar-refractivity contribution in [3.63, 3.8) is 0 Å². The molecule has 0 radical (unpaired) electrons. The molecule has 0 spiro atoms. The van der Waals surface area contributed by atoms with Crippen LogP contribution < -0.4 is 9.47 Å². The molecule has 0 saturated carbocycles. The van der Waals surface area contributed by atoms with E-state index in [1.165, 1.54) is 13.2 Å². The third-order valence-corrected chi connectivity index (χ3v) is 5.73. The van der Waals surface area contributed by atoms with Crippen molar-refractivity contribution < 1.29 is 29.6 Å². The van der Waals surface area contributed by atoms with Crippen LogP contribution in [0.3, 0.4) is 0 Å². The van der Waals surface area contributed by atoms with Crippen LogP contribution in [0, 0.1) is 0 Å². The fraction of sp³-hybridized carbons (Fsp3) is 0.350. The van der Waals surface area contributed by atoms with Crippen molar-refractivity contribution >= 4 is 22.1 Å². The Morgan fingerprint density at radius 3 is 2.35 bits per heavy atom. The quantitative estimate of drug-likeness (QED) is 0.722. The van der Waals surface area contributed by atoms with Crippen LogP contribution >= 0.6 is 0 Å².